The Bertz CT molecular complexity index is 1110. The zero-order chi connectivity index (χ0) is 20.5. The van der Waals surface area contributed by atoms with Crippen LogP contribution in [-0.4, -0.2) is 11.8 Å². The molecule has 5 heteroatoms. The van der Waals surface area contributed by atoms with Crippen LogP contribution in [0.2, 0.25) is 0 Å². The highest BCUT2D eigenvalue weighted by Crippen LogP contribution is 2.37. The van der Waals surface area contributed by atoms with Gasteiger partial charge in [0.15, 0.2) is 0 Å². The van der Waals surface area contributed by atoms with Crippen molar-refractivity contribution in [3.8, 4) is 0 Å². The maximum atomic E-state index is 13.4. The number of nitrogens with one attached hydrogen (secondary N) is 1. The lowest BCUT2D eigenvalue weighted by molar-refractivity contribution is -0.120. The molecule has 0 atom stereocenters. The van der Waals surface area contributed by atoms with Crippen LogP contribution in [0.1, 0.15) is 28.5 Å². The van der Waals surface area contributed by atoms with Gasteiger partial charge in [0, 0.05) is 10.6 Å². The molecule has 2 amide bonds. The molecule has 4 rings (SSSR count). The predicted molar refractivity (Wildman–Crippen MR) is 119 cm³/mol. The van der Waals surface area contributed by atoms with Crippen molar-refractivity contribution in [3.05, 3.63) is 87.2 Å². The van der Waals surface area contributed by atoms with Gasteiger partial charge >= 0.3 is 0 Å². The van der Waals surface area contributed by atoms with Crippen LogP contribution in [0.15, 0.2) is 65.7 Å². The Morgan fingerprint density at radius 1 is 0.931 bits per heavy atom. The molecule has 3 aromatic rings. The average Bonchev–Trinajstić information content (AvgIpc) is 3.32. The van der Waals surface area contributed by atoms with E-state index in [0.29, 0.717) is 17.0 Å². The summed E-state index contributed by atoms with van der Waals surface area (Å²) >= 11 is 1.45. The van der Waals surface area contributed by atoms with Crippen LogP contribution in [0.5, 0.6) is 0 Å². The van der Waals surface area contributed by atoms with Gasteiger partial charge in [-0.25, -0.2) is 4.90 Å². The Morgan fingerprint density at radius 3 is 2.34 bits per heavy atom. The minimum Gasteiger partial charge on any atom is -0.350 e. The summed E-state index contributed by atoms with van der Waals surface area (Å²) in [5.74, 6) is -0.620. The fourth-order valence-corrected chi connectivity index (χ4v) is 4.23. The summed E-state index contributed by atoms with van der Waals surface area (Å²) in [6, 6.07) is 17.4. The van der Waals surface area contributed by atoms with Crippen molar-refractivity contribution >= 4 is 40.1 Å². The van der Waals surface area contributed by atoms with E-state index < -0.39 is 0 Å². The Labute approximate surface area is 174 Å². The van der Waals surface area contributed by atoms with Crippen molar-refractivity contribution in [1.82, 2.24) is 0 Å². The maximum Gasteiger partial charge on any atom is 0.282 e. The van der Waals surface area contributed by atoms with Gasteiger partial charge in [-0.1, -0.05) is 37.3 Å². The summed E-state index contributed by atoms with van der Waals surface area (Å²) in [7, 11) is 0. The monoisotopic (exact) mass is 402 g/mol. The van der Waals surface area contributed by atoms with E-state index in [1.54, 1.807) is 0 Å². The molecule has 4 nitrogen and oxygen atoms in total. The molecule has 2 heterocycles. The van der Waals surface area contributed by atoms with Crippen LogP contribution >= 0.6 is 11.3 Å². The number of thiophene rings is 1. The molecule has 2 aromatic carbocycles. The van der Waals surface area contributed by atoms with Gasteiger partial charge in [0.05, 0.1) is 11.3 Å². The number of carbonyl (C=O) groups is 2. The standard InChI is InChI=1S/C24H22N2O2S/c1-4-17-10-12-18(13-11-17)25-22-21(20-9-6-14-29-20)23(27)26(24(22)28)19-8-5-7-15(2)16(19)3/h5-14,25H,4H2,1-3H3. The van der Waals surface area contributed by atoms with Gasteiger partial charge in [-0.15, -0.1) is 11.3 Å². The predicted octanol–water partition coefficient (Wildman–Crippen LogP) is 5.32. The summed E-state index contributed by atoms with van der Waals surface area (Å²) in [5, 5.41) is 5.13. The maximum absolute atomic E-state index is 13.4. The summed E-state index contributed by atoms with van der Waals surface area (Å²) in [6.45, 7) is 6.01. The molecule has 1 aromatic heterocycles. The first-order valence-corrected chi connectivity index (χ1v) is 10.5. The van der Waals surface area contributed by atoms with E-state index in [4.69, 9.17) is 0 Å². The van der Waals surface area contributed by atoms with Gasteiger partial charge < -0.3 is 5.32 Å². The highest BCUT2D eigenvalue weighted by Gasteiger charge is 2.41. The molecule has 0 radical (unpaired) electrons. The highest BCUT2D eigenvalue weighted by molar-refractivity contribution is 7.11. The minimum atomic E-state index is -0.327. The lowest BCUT2D eigenvalue weighted by Crippen LogP contribution is -2.33. The molecule has 29 heavy (non-hydrogen) atoms. The van der Waals surface area contributed by atoms with Crippen LogP contribution < -0.4 is 10.2 Å². The molecule has 1 aliphatic rings. The fraction of sp³-hybridized carbons (Fsp3) is 0.167. The number of aryl methyl sites for hydroxylation is 2. The second kappa shape index (κ2) is 7.68. The van der Waals surface area contributed by atoms with Crippen LogP contribution in [-0.2, 0) is 16.0 Å². The third-order valence-corrected chi connectivity index (χ3v) is 6.19. The van der Waals surface area contributed by atoms with Gasteiger partial charge in [-0.05, 0) is 66.6 Å². The zero-order valence-electron chi connectivity index (χ0n) is 16.7. The van der Waals surface area contributed by atoms with E-state index in [2.05, 4.69) is 12.2 Å². The topological polar surface area (TPSA) is 49.4 Å². The summed E-state index contributed by atoms with van der Waals surface area (Å²) in [6.07, 6.45) is 0.946. The Hall–Kier alpha value is -3.18. The van der Waals surface area contributed by atoms with Gasteiger partial charge in [0.2, 0.25) is 0 Å². The van der Waals surface area contributed by atoms with E-state index in [1.807, 2.05) is 73.8 Å². The molecule has 0 aliphatic carbocycles. The van der Waals surface area contributed by atoms with Crippen LogP contribution in [0, 0.1) is 13.8 Å². The second-order valence-electron chi connectivity index (χ2n) is 7.07. The largest absolute Gasteiger partial charge is 0.350 e. The SMILES string of the molecule is CCc1ccc(NC2=C(c3cccs3)C(=O)N(c3cccc(C)c3C)C2=O)cc1. The number of rotatable bonds is 5. The molecule has 0 saturated heterocycles. The number of hydrogen-bond donors (Lipinski definition) is 1. The Balaban J connectivity index is 1.79. The van der Waals surface area contributed by atoms with Crippen molar-refractivity contribution in [2.24, 2.45) is 0 Å². The number of benzene rings is 2. The first-order valence-electron chi connectivity index (χ1n) is 9.60. The molecular formula is C24H22N2O2S. The van der Waals surface area contributed by atoms with E-state index in [-0.39, 0.29) is 11.8 Å². The van der Waals surface area contributed by atoms with Crippen LogP contribution in [0.3, 0.4) is 0 Å². The quantitative estimate of drug-likeness (QED) is 0.587. The first kappa shape index (κ1) is 19.2. The number of nitrogens with zero attached hydrogens (tertiary/aromatic N) is 1. The van der Waals surface area contributed by atoms with Crippen LogP contribution in [0.4, 0.5) is 11.4 Å². The number of anilines is 2. The van der Waals surface area contributed by atoms with Crippen molar-refractivity contribution in [3.63, 3.8) is 0 Å². The Kier molecular flexibility index (Phi) is 5.07. The third kappa shape index (κ3) is 3.38. The van der Waals surface area contributed by atoms with Crippen molar-refractivity contribution in [1.29, 1.82) is 0 Å². The lowest BCUT2D eigenvalue weighted by atomic mass is 10.1. The normalized spacial score (nSPS) is 14.1. The molecule has 0 bridgehead atoms. The number of amides is 2. The number of hydrogen-bond acceptors (Lipinski definition) is 4. The van der Waals surface area contributed by atoms with Crippen molar-refractivity contribution in [2.45, 2.75) is 27.2 Å². The van der Waals surface area contributed by atoms with Gasteiger partial charge in [-0.2, -0.15) is 0 Å². The molecule has 0 fully saturated rings. The van der Waals surface area contributed by atoms with Crippen LogP contribution in [0.25, 0.3) is 5.57 Å². The lowest BCUT2D eigenvalue weighted by Gasteiger charge is -2.19. The molecule has 0 unspecified atom stereocenters. The highest BCUT2D eigenvalue weighted by atomic mass is 32.1. The smallest absolute Gasteiger partial charge is 0.282 e. The third-order valence-electron chi connectivity index (χ3n) is 5.30. The number of carbonyl (C=O) groups excluding carboxylic acids is 2. The molecule has 1 aliphatic heterocycles. The van der Waals surface area contributed by atoms with E-state index in [0.717, 1.165) is 28.1 Å². The van der Waals surface area contributed by atoms with Crippen molar-refractivity contribution in [2.75, 3.05) is 10.2 Å². The van der Waals surface area contributed by atoms with Gasteiger partial charge in [-0.3, -0.25) is 9.59 Å². The fourth-order valence-electron chi connectivity index (χ4n) is 3.46. The Morgan fingerprint density at radius 2 is 1.69 bits per heavy atom. The minimum absolute atomic E-state index is 0.293. The van der Waals surface area contributed by atoms with E-state index >= 15 is 0 Å². The molecule has 0 saturated carbocycles. The van der Waals surface area contributed by atoms with Crippen molar-refractivity contribution < 1.29 is 9.59 Å². The second-order valence-corrected chi connectivity index (χ2v) is 8.02. The average molecular weight is 403 g/mol. The van der Waals surface area contributed by atoms with E-state index in [9.17, 15) is 9.59 Å². The molecule has 0 spiro atoms. The molecular weight excluding hydrogens is 380 g/mol. The molecule has 1 N–H and O–H groups in total. The first-order chi connectivity index (χ1) is 14.0. The number of imide groups is 1. The molecule has 146 valence electrons. The summed E-state index contributed by atoms with van der Waals surface area (Å²) in [4.78, 5) is 28.9. The van der Waals surface area contributed by atoms with Gasteiger partial charge in [0.1, 0.15) is 5.70 Å². The van der Waals surface area contributed by atoms with Gasteiger partial charge in [0.25, 0.3) is 11.8 Å². The van der Waals surface area contributed by atoms with E-state index in [1.165, 1.54) is 21.8 Å². The summed E-state index contributed by atoms with van der Waals surface area (Å²) in [5.41, 5.74) is 5.34. The zero-order valence-corrected chi connectivity index (χ0v) is 17.5. The summed E-state index contributed by atoms with van der Waals surface area (Å²) < 4.78 is 0.